The van der Waals surface area contributed by atoms with Crippen molar-refractivity contribution in [3.05, 3.63) is 17.5 Å². The van der Waals surface area contributed by atoms with Crippen LogP contribution in [0.3, 0.4) is 0 Å². The van der Waals surface area contributed by atoms with E-state index in [4.69, 9.17) is 0 Å². The molecule has 25 heavy (non-hydrogen) atoms. The fourth-order valence-electron chi connectivity index (χ4n) is 4.84. The van der Waals surface area contributed by atoms with E-state index in [-0.39, 0.29) is 5.91 Å². The lowest BCUT2D eigenvalue weighted by atomic mass is 9.83. The van der Waals surface area contributed by atoms with Crippen LogP contribution in [-0.4, -0.2) is 57.7 Å². The quantitative estimate of drug-likeness (QED) is 0.825. The Bertz CT molecular complexity index is 621. The maximum Gasteiger partial charge on any atom is 0.257 e. The Hall–Kier alpha value is -1.36. The van der Waals surface area contributed by atoms with E-state index in [1.165, 1.54) is 45.2 Å². The molecule has 0 unspecified atom stereocenters. The number of carbonyl (C=O) groups excluding carboxylic acids is 1. The van der Waals surface area contributed by atoms with E-state index >= 15 is 0 Å². The van der Waals surface area contributed by atoms with Gasteiger partial charge < -0.3 is 4.90 Å². The van der Waals surface area contributed by atoms with Crippen LogP contribution < -0.4 is 0 Å². The molecule has 1 aromatic rings. The molecule has 5 heteroatoms. The molecule has 5 nitrogen and oxygen atoms in total. The fourth-order valence-corrected chi connectivity index (χ4v) is 4.84. The lowest BCUT2D eigenvalue weighted by Crippen LogP contribution is -2.47. The second kappa shape index (κ2) is 7.10. The molecule has 3 saturated heterocycles. The van der Waals surface area contributed by atoms with Crippen molar-refractivity contribution < 1.29 is 4.79 Å². The van der Waals surface area contributed by atoms with Gasteiger partial charge in [0, 0.05) is 44.5 Å². The Balaban J connectivity index is 1.47. The van der Waals surface area contributed by atoms with Gasteiger partial charge in [0.15, 0.2) is 0 Å². The van der Waals surface area contributed by atoms with Crippen molar-refractivity contribution in [1.29, 1.82) is 0 Å². The number of aromatic nitrogens is 2. The third kappa shape index (κ3) is 3.35. The summed E-state index contributed by atoms with van der Waals surface area (Å²) in [5.41, 5.74) is 1.83. The zero-order valence-corrected chi connectivity index (χ0v) is 15.8. The molecule has 2 bridgehead atoms. The van der Waals surface area contributed by atoms with Crippen LogP contribution in [0.5, 0.6) is 0 Å². The topological polar surface area (TPSA) is 41.4 Å². The first-order chi connectivity index (χ1) is 12.2. The van der Waals surface area contributed by atoms with Gasteiger partial charge in [-0.3, -0.25) is 14.4 Å². The van der Waals surface area contributed by atoms with E-state index in [0.29, 0.717) is 12.0 Å². The van der Waals surface area contributed by atoms with Crippen molar-refractivity contribution in [1.82, 2.24) is 19.6 Å². The van der Waals surface area contributed by atoms with Gasteiger partial charge in [0.25, 0.3) is 5.91 Å². The third-order valence-electron chi connectivity index (χ3n) is 6.60. The number of aryl methyl sites for hydroxylation is 1. The van der Waals surface area contributed by atoms with Crippen LogP contribution in [0, 0.1) is 18.8 Å². The van der Waals surface area contributed by atoms with Gasteiger partial charge in [-0.05, 0) is 50.9 Å². The van der Waals surface area contributed by atoms with E-state index in [1.807, 2.05) is 11.6 Å². The van der Waals surface area contributed by atoms with E-state index in [1.54, 1.807) is 6.20 Å². The van der Waals surface area contributed by atoms with Crippen LogP contribution in [0.2, 0.25) is 0 Å². The molecule has 4 fully saturated rings. The minimum absolute atomic E-state index is 0.197. The lowest BCUT2D eigenvalue weighted by molar-refractivity contribution is 0.0716. The predicted octanol–water partition coefficient (Wildman–Crippen LogP) is 2.94. The molecule has 1 aliphatic carbocycles. The van der Waals surface area contributed by atoms with Gasteiger partial charge in [0.05, 0.1) is 11.8 Å². The lowest BCUT2D eigenvalue weighted by Gasteiger charge is -2.40. The van der Waals surface area contributed by atoms with Crippen LogP contribution in [0.15, 0.2) is 6.20 Å². The first-order valence-corrected chi connectivity index (χ1v) is 10.2. The van der Waals surface area contributed by atoms with Gasteiger partial charge in [0.1, 0.15) is 0 Å². The Kier molecular flexibility index (Phi) is 4.85. The van der Waals surface area contributed by atoms with Gasteiger partial charge >= 0.3 is 0 Å². The molecule has 0 aromatic carbocycles. The van der Waals surface area contributed by atoms with Gasteiger partial charge in [-0.25, -0.2) is 0 Å². The zero-order valence-electron chi connectivity index (χ0n) is 15.8. The highest BCUT2D eigenvalue weighted by molar-refractivity contribution is 5.95. The second-order valence-electron chi connectivity index (χ2n) is 8.42. The summed E-state index contributed by atoms with van der Waals surface area (Å²) in [7, 11) is 0. The highest BCUT2D eigenvalue weighted by Crippen LogP contribution is 2.33. The second-order valence-corrected chi connectivity index (χ2v) is 8.42. The molecule has 1 aromatic heterocycles. The smallest absolute Gasteiger partial charge is 0.257 e. The van der Waals surface area contributed by atoms with Crippen LogP contribution in [0.1, 0.15) is 61.5 Å². The van der Waals surface area contributed by atoms with Crippen LogP contribution in [-0.2, 0) is 6.54 Å². The van der Waals surface area contributed by atoms with Crippen LogP contribution in [0.25, 0.3) is 0 Å². The minimum Gasteiger partial charge on any atom is -0.337 e. The molecule has 0 spiro atoms. The normalized spacial score (nSPS) is 27.4. The fraction of sp³-hybridized carbons (Fsp3) is 0.800. The number of amides is 1. The van der Waals surface area contributed by atoms with Gasteiger partial charge in [-0.15, -0.1) is 0 Å². The molecule has 1 saturated carbocycles. The molecule has 138 valence electrons. The van der Waals surface area contributed by atoms with E-state index in [0.717, 1.165) is 43.2 Å². The van der Waals surface area contributed by atoms with Crippen molar-refractivity contribution >= 4 is 5.91 Å². The molecular formula is C20H32N4O. The predicted molar refractivity (Wildman–Crippen MR) is 98.6 cm³/mol. The Morgan fingerprint density at radius 2 is 2.04 bits per heavy atom. The molecule has 0 radical (unpaired) electrons. The summed E-state index contributed by atoms with van der Waals surface area (Å²) in [6, 6.07) is 0.564. The van der Waals surface area contributed by atoms with Gasteiger partial charge in [-0.2, -0.15) is 5.10 Å². The van der Waals surface area contributed by atoms with Crippen molar-refractivity contribution in [3.63, 3.8) is 0 Å². The van der Waals surface area contributed by atoms with Gasteiger partial charge in [-0.1, -0.05) is 13.3 Å². The number of rotatable bonds is 5. The average molecular weight is 345 g/mol. The Morgan fingerprint density at radius 3 is 2.76 bits per heavy atom. The summed E-state index contributed by atoms with van der Waals surface area (Å²) in [4.78, 5) is 18.0. The van der Waals surface area contributed by atoms with E-state index in [2.05, 4.69) is 21.8 Å². The van der Waals surface area contributed by atoms with E-state index in [9.17, 15) is 4.79 Å². The number of fused-ring (bicyclic) bond motifs is 4. The molecule has 2 atom stereocenters. The SMILES string of the molecule is CCCn1ncc(C(=O)N2C[C@@H]3CC[C@H](C2)N(CC2CCC2)C3)c1C. The molecule has 4 heterocycles. The molecule has 4 aliphatic rings. The first kappa shape index (κ1) is 17.1. The number of carbonyl (C=O) groups is 1. The highest BCUT2D eigenvalue weighted by Gasteiger charge is 2.38. The number of nitrogens with zero attached hydrogens (tertiary/aromatic N) is 4. The summed E-state index contributed by atoms with van der Waals surface area (Å²) in [6.45, 7) is 9.35. The maximum atomic E-state index is 13.2. The Morgan fingerprint density at radius 1 is 1.20 bits per heavy atom. The van der Waals surface area contributed by atoms with Crippen LogP contribution in [0.4, 0.5) is 0 Å². The Labute approximate surface area is 151 Å². The first-order valence-electron chi connectivity index (χ1n) is 10.2. The monoisotopic (exact) mass is 344 g/mol. The molecule has 1 amide bonds. The van der Waals surface area contributed by atoms with Crippen molar-refractivity contribution in [2.45, 2.75) is 65.0 Å². The number of hydrogen-bond donors (Lipinski definition) is 0. The van der Waals surface area contributed by atoms with Crippen molar-refractivity contribution in [3.8, 4) is 0 Å². The van der Waals surface area contributed by atoms with E-state index < -0.39 is 0 Å². The maximum absolute atomic E-state index is 13.2. The summed E-state index contributed by atoms with van der Waals surface area (Å²) in [5.74, 6) is 1.76. The summed E-state index contributed by atoms with van der Waals surface area (Å²) in [5, 5.41) is 4.43. The largest absolute Gasteiger partial charge is 0.337 e. The van der Waals surface area contributed by atoms with Gasteiger partial charge in [0.2, 0.25) is 0 Å². The average Bonchev–Trinajstić information content (AvgIpc) is 2.75. The minimum atomic E-state index is 0.197. The number of hydrogen-bond acceptors (Lipinski definition) is 3. The summed E-state index contributed by atoms with van der Waals surface area (Å²) < 4.78 is 1.97. The molecule has 3 aliphatic heterocycles. The number of piperidine rings is 1. The molecule has 0 N–H and O–H groups in total. The summed E-state index contributed by atoms with van der Waals surface area (Å²) in [6.07, 6.45) is 9.60. The van der Waals surface area contributed by atoms with Crippen molar-refractivity contribution in [2.75, 3.05) is 26.2 Å². The highest BCUT2D eigenvalue weighted by atomic mass is 16.2. The van der Waals surface area contributed by atoms with Crippen LogP contribution >= 0.6 is 0 Å². The zero-order chi connectivity index (χ0) is 17.4. The standard InChI is InChI=1S/C20H32N4O/c1-3-9-24-15(2)19(10-21-24)20(25)23-13-17-7-8-18(14-23)22(12-17)11-16-5-4-6-16/h10,16-18H,3-9,11-14H2,1-2H3/t17-,18-/m1/s1. The molecular weight excluding hydrogens is 312 g/mol. The summed E-state index contributed by atoms with van der Waals surface area (Å²) >= 11 is 0. The van der Waals surface area contributed by atoms with Crippen molar-refractivity contribution in [2.24, 2.45) is 11.8 Å². The molecule has 5 rings (SSSR count). The third-order valence-corrected chi connectivity index (χ3v) is 6.60.